The van der Waals surface area contributed by atoms with Crippen LogP contribution in [0.25, 0.3) is 5.52 Å². The lowest BCUT2D eigenvalue weighted by Crippen LogP contribution is -2.34. The van der Waals surface area contributed by atoms with Crippen LogP contribution in [-0.2, 0) is 0 Å². The molecular formula is C20H26N6O2. The minimum absolute atomic E-state index is 0.147. The number of nitrogens with zero attached hydrogens (tertiary/aromatic N) is 3. The summed E-state index contributed by atoms with van der Waals surface area (Å²) in [5, 5.41) is 9.68. The Morgan fingerprint density at radius 3 is 2.89 bits per heavy atom. The minimum Gasteiger partial charge on any atom is -0.382 e. The van der Waals surface area contributed by atoms with Crippen molar-refractivity contribution in [3.8, 4) is 0 Å². The third kappa shape index (κ3) is 5.06. The molecule has 0 aliphatic heterocycles. The number of nitrogens with two attached hydrogens (primary N) is 1. The number of hydrogen-bond acceptors (Lipinski definition) is 5. The van der Waals surface area contributed by atoms with Crippen LogP contribution < -0.4 is 16.4 Å². The van der Waals surface area contributed by atoms with E-state index in [-0.39, 0.29) is 11.9 Å². The fourth-order valence-corrected chi connectivity index (χ4v) is 2.82. The molecule has 4 N–H and O–H groups in total. The highest BCUT2D eigenvalue weighted by Crippen LogP contribution is 2.29. The van der Waals surface area contributed by atoms with Gasteiger partial charge in [0.05, 0.1) is 0 Å². The van der Waals surface area contributed by atoms with E-state index < -0.39 is 0 Å². The van der Waals surface area contributed by atoms with Gasteiger partial charge in [0.15, 0.2) is 12.1 Å². The van der Waals surface area contributed by atoms with Crippen molar-refractivity contribution in [3.05, 3.63) is 59.7 Å². The standard InChI is InChI=1S/C20H26N6O2/c1-4-6-10-22-20(28)25-16(7-5-2)9-8-14(3)17-15(12-27)11-26-18(17)19(21)23-13-24-26/h4,6-9,11-14H,5,10H2,1-3H3,(H2,21,23,24)(H2,22,25,28)/b6-4-,9-8-,16-7+. The third-order valence-electron chi connectivity index (χ3n) is 4.12. The van der Waals surface area contributed by atoms with Crippen molar-refractivity contribution in [2.75, 3.05) is 12.3 Å². The van der Waals surface area contributed by atoms with E-state index in [4.69, 9.17) is 5.73 Å². The summed E-state index contributed by atoms with van der Waals surface area (Å²) in [6.07, 6.45) is 13.9. The molecule has 0 aliphatic carbocycles. The van der Waals surface area contributed by atoms with E-state index >= 15 is 0 Å². The number of rotatable bonds is 8. The van der Waals surface area contributed by atoms with E-state index in [1.54, 1.807) is 10.7 Å². The van der Waals surface area contributed by atoms with Crippen molar-refractivity contribution in [1.82, 2.24) is 25.2 Å². The van der Waals surface area contributed by atoms with Crippen LogP contribution in [0.3, 0.4) is 0 Å². The van der Waals surface area contributed by atoms with Crippen LogP contribution in [0.2, 0.25) is 0 Å². The minimum atomic E-state index is -0.282. The molecule has 0 saturated heterocycles. The number of aldehydes is 1. The Labute approximate surface area is 164 Å². The summed E-state index contributed by atoms with van der Waals surface area (Å²) in [6, 6.07) is -0.282. The molecule has 1 unspecified atom stereocenters. The van der Waals surface area contributed by atoms with Crippen molar-refractivity contribution in [1.29, 1.82) is 0 Å². The van der Waals surface area contributed by atoms with E-state index in [0.717, 1.165) is 18.3 Å². The normalized spacial score (nSPS) is 13.3. The van der Waals surface area contributed by atoms with E-state index in [1.165, 1.54) is 6.33 Å². The maximum absolute atomic E-state index is 12.0. The molecule has 0 aromatic carbocycles. The lowest BCUT2D eigenvalue weighted by Gasteiger charge is -2.10. The SMILES string of the molecule is C/C=C\CNC(=O)NC(/C=C\C(C)c1c(C=O)cn2ncnc(N)c12)=C/CC. The van der Waals surface area contributed by atoms with E-state index in [1.807, 2.05) is 51.2 Å². The number of nitrogens with one attached hydrogen (secondary N) is 2. The lowest BCUT2D eigenvalue weighted by molar-refractivity contribution is 0.112. The Bertz CT molecular complexity index is 926. The van der Waals surface area contributed by atoms with Gasteiger partial charge in [0, 0.05) is 35.5 Å². The molecule has 1 atom stereocenters. The van der Waals surface area contributed by atoms with Gasteiger partial charge in [0.2, 0.25) is 0 Å². The van der Waals surface area contributed by atoms with Crippen LogP contribution in [0.15, 0.2) is 48.6 Å². The predicted molar refractivity (Wildman–Crippen MR) is 110 cm³/mol. The van der Waals surface area contributed by atoms with Crippen LogP contribution in [0.4, 0.5) is 10.6 Å². The van der Waals surface area contributed by atoms with Crippen LogP contribution in [0.5, 0.6) is 0 Å². The average Bonchev–Trinajstić information content (AvgIpc) is 3.06. The van der Waals surface area contributed by atoms with E-state index in [0.29, 0.717) is 29.1 Å². The smallest absolute Gasteiger partial charge is 0.319 e. The van der Waals surface area contributed by atoms with Gasteiger partial charge in [-0.15, -0.1) is 0 Å². The van der Waals surface area contributed by atoms with Gasteiger partial charge in [-0.1, -0.05) is 38.2 Å². The number of fused-ring (bicyclic) bond motifs is 1. The van der Waals surface area contributed by atoms with Crippen molar-refractivity contribution < 1.29 is 9.59 Å². The summed E-state index contributed by atoms with van der Waals surface area (Å²) in [5.41, 5.74) is 8.53. The summed E-state index contributed by atoms with van der Waals surface area (Å²) >= 11 is 0. The van der Waals surface area contributed by atoms with E-state index in [2.05, 4.69) is 20.7 Å². The molecule has 148 valence electrons. The molecule has 28 heavy (non-hydrogen) atoms. The number of hydrogen-bond donors (Lipinski definition) is 3. The summed E-state index contributed by atoms with van der Waals surface area (Å²) in [4.78, 5) is 27.5. The lowest BCUT2D eigenvalue weighted by atomic mass is 9.97. The summed E-state index contributed by atoms with van der Waals surface area (Å²) < 4.78 is 1.56. The second-order valence-electron chi connectivity index (χ2n) is 6.17. The van der Waals surface area contributed by atoms with Gasteiger partial charge in [-0.2, -0.15) is 5.10 Å². The fraction of sp³-hybridized carbons (Fsp3) is 0.300. The Kier molecular flexibility index (Phi) is 7.50. The second-order valence-corrected chi connectivity index (χ2v) is 6.17. The number of allylic oxidation sites excluding steroid dienone is 4. The zero-order valence-electron chi connectivity index (χ0n) is 16.3. The molecular weight excluding hydrogens is 356 g/mol. The number of anilines is 1. The number of nitrogen functional groups attached to an aromatic ring is 1. The molecule has 2 rings (SSSR count). The molecule has 2 amide bonds. The van der Waals surface area contributed by atoms with Gasteiger partial charge < -0.3 is 16.4 Å². The van der Waals surface area contributed by atoms with E-state index in [9.17, 15) is 9.59 Å². The Balaban J connectivity index is 2.24. The highest BCUT2D eigenvalue weighted by atomic mass is 16.2. The van der Waals surface area contributed by atoms with Gasteiger partial charge in [-0.25, -0.2) is 14.3 Å². The van der Waals surface area contributed by atoms with Crippen molar-refractivity contribution in [3.63, 3.8) is 0 Å². The predicted octanol–water partition coefficient (Wildman–Crippen LogP) is 2.95. The van der Waals surface area contributed by atoms with Crippen LogP contribution >= 0.6 is 0 Å². The topological polar surface area (TPSA) is 114 Å². The molecule has 0 bridgehead atoms. The van der Waals surface area contributed by atoms with Gasteiger partial charge in [-0.05, 0) is 19.4 Å². The van der Waals surface area contributed by atoms with Crippen molar-refractivity contribution in [2.45, 2.75) is 33.1 Å². The largest absolute Gasteiger partial charge is 0.382 e. The number of urea groups is 1. The highest BCUT2D eigenvalue weighted by molar-refractivity contribution is 5.86. The number of carbonyl (C=O) groups is 2. The molecule has 2 aromatic heterocycles. The highest BCUT2D eigenvalue weighted by Gasteiger charge is 2.18. The zero-order valence-corrected chi connectivity index (χ0v) is 16.3. The number of amides is 2. The molecule has 0 spiro atoms. The molecule has 0 radical (unpaired) electrons. The first kappa shape index (κ1) is 20.9. The summed E-state index contributed by atoms with van der Waals surface area (Å²) in [6.45, 7) is 6.28. The Morgan fingerprint density at radius 2 is 2.21 bits per heavy atom. The summed E-state index contributed by atoms with van der Waals surface area (Å²) in [7, 11) is 0. The maximum atomic E-state index is 12.0. The van der Waals surface area contributed by atoms with Crippen LogP contribution in [0, 0.1) is 0 Å². The molecule has 8 heteroatoms. The Morgan fingerprint density at radius 1 is 1.43 bits per heavy atom. The average molecular weight is 382 g/mol. The summed E-state index contributed by atoms with van der Waals surface area (Å²) in [5.74, 6) is 0.163. The second kappa shape index (κ2) is 10.1. The first-order valence-corrected chi connectivity index (χ1v) is 9.13. The number of carbonyl (C=O) groups excluding carboxylic acids is 2. The maximum Gasteiger partial charge on any atom is 0.319 e. The molecule has 0 saturated carbocycles. The van der Waals surface area contributed by atoms with Gasteiger partial charge in [-0.3, -0.25) is 4.79 Å². The van der Waals surface area contributed by atoms with Gasteiger partial charge in [0.25, 0.3) is 0 Å². The van der Waals surface area contributed by atoms with Crippen LogP contribution in [0.1, 0.15) is 49.0 Å². The van der Waals surface area contributed by atoms with Gasteiger partial charge >= 0.3 is 6.03 Å². The third-order valence-corrected chi connectivity index (χ3v) is 4.12. The monoisotopic (exact) mass is 382 g/mol. The first-order valence-electron chi connectivity index (χ1n) is 9.13. The van der Waals surface area contributed by atoms with Gasteiger partial charge in [0.1, 0.15) is 11.8 Å². The molecule has 8 nitrogen and oxygen atoms in total. The molecule has 0 fully saturated rings. The Hall–Kier alpha value is -3.42. The number of aromatic nitrogens is 3. The first-order chi connectivity index (χ1) is 13.5. The quantitative estimate of drug-likeness (QED) is 0.369. The molecule has 2 aromatic rings. The fourth-order valence-electron chi connectivity index (χ4n) is 2.82. The van der Waals surface area contributed by atoms with Crippen molar-refractivity contribution in [2.24, 2.45) is 0 Å². The molecule has 0 aliphatic rings. The van der Waals surface area contributed by atoms with Crippen molar-refractivity contribution >= 4 is 23.7 Å². The molecule has 2 heterocycles. The van der Waals surface area contributed by atoms with Crippen LogP contribution in [-0.4, -0.2) is 33.5 Å². The zero-order chi connectivity index (χ0) is 20.5.